The monoisotopic (exact) mass is 328 g/mol. The third kappa shape index (κ3) is 8.02. The van der Waals surface area contributed by atoms with E-state index in [1.165, 1.54) is 29.4 Å². The van der Waals surface area contributed by atoms with Crippen LogP contribution < -0.4 is 0 Å². The average molecular weight is 328 g/mol. The minimum atomic E-state index is -0.123. The van der Waals surface area contributed by atoms with Gasteiger partial charge in [-0.15, -0.1) is 0 Å². The lowest BCUT2D eigenvalue weighted by Gasteiger charge is -2.06. The van der Waals surface area contributed by atoms with Crippen LogP contribution in [0, 0.1) is 0 Å². The first-order valence-electron chi connectivity index (χ1n) is 8.47. The Balaban J connectivity index is 2.45. The molecule has 1 aliphatic carbocycles. The molecule has 1 N–H and O–H groups in total. The number of hydrogen-bond donors (Lipinski definition) is 1. The Morgan fingerprint density at radius 1 is 1.00 bits per heavy atom. The number of ketones is 2. The third-order valence-electron chi connectivity index (χ3n) is 3.90. The number of carbonyl (C=O) groups is 2. The zero-order valence-electron chi connectivity index (χ0n) is 15.0. The summed E-state index contributed by atoms with van der Waals surface area (Å²) in [5.74, 6) is -0.206. The number of allylic oxidation sites excluding steroid dienone is 9. The quantitative estimate of drug-likeness (QED) is 0.504. The molecule has 0 amide bonds. The Hall–Kier alpha value is -2.00. The SMILES string of the molecule is CC(C)=CCC/C(=C/CC/C(C)=C/CC1=CC(=O)C=CC1=O)CO. The van der Waals surface area contributed by atoms with Crippen LogP contribution in [0.25, 0.3) is 0 Å². The van der Waals surface area contributed by atoms with Crippen LogP contribution in [0.1, 0.15) is 52.9 Å². The molecule has 0 unspecified atom stereocenters. The zero-order chi connectivity index (χ0) is 17.9. The second kappa shape index (κ2) is 10.7. The molecule has 0 heterocycles. The van der Waals surface area contributed by atoms with Crippen LogP contribution in [0.2, 0.25) is 0 Å². The highest BCUT2D eigenvalue weighted by molar-refractivity contribution is 6.17. The maximum Gasteiger partial charge on any atom is 0.182 e. The van der Waals surface area contributed by atoms with Gasteiger partial charge in [0.05, 0.1) is 6.61 Å². The van der Waals surface area contributed by atoms with Crippen molar-refractivity contribution in [2.45, 2.75) is 52.9 Å². The topological polar surface area (TPSA) is 54.4 Å². The predicted octanol–water partition coefficient (Wildman–Crippen LogP) is 4.40. The van der Waals surface area contributed by atoms with Gasteiger partial charge in [0.2, 0.25) is 0 Å². The Morgan fingerprint density at radius 3 is 2.38 bits per heavy atom. The van der Waals surface area contributed by atoms with Crippen molar-refractivity contribution in [3.63, 3.8) is 0 Å². The fraction of sp³-hybridized carbons (Fsp3) is 0.429. The lowest BCUT2D eigenvalue weighted by atomic mass is 9.98. The number of hydrogen-bond acceptors (Lipinski definition) is 3. The second-order valence-corrected chi connectivity index (χ2v) is 6.40. The molecule has 3 nitrogen and oxygen atoms in total. The van der Waals surface area contributed by atoms with E-state index >= 15 is 0 Å². The molecular formula is C21H28O3. The molecule has 0 saturated carbocycles. The number of aliphatic hydroxyl groups is 1. The highest BCUT2D eigenvalue weighted by Gasteiger charge is 2.11. The van der Waals surface area contributed by atoms with Crippen LogP contribution in [-0.2, 0) is 9.59 Å². The lowest BCUT2D eigenvalue weighted by molar-refractivity contribution is -0.114. The Labute approximate surface area is 145 Å². The number of aliphatic hydroxyl groups excluding tert-OH is 1. The van der Waals surface area contributed by atoms with Gasteiger partial charge < -0.3 is 5.11 Å². The van der Waals surface area contributed by atoms with Gasteiger partial charge in [0, 0.05) is 5.57 Å². The average Bonchev–Trinajstić information content (AvgIpc) is 2.54. The summed E-state index contributed by atoms with van der Waals surface area (Å²) < 4.78 is 0. The standard InChI is InChI=1S/C21H28O3/c1-16(2)6-4-8-18(15-22)9-5-7-17(3)10-11-19-14-20(23)12-13-21(19)24/h6,9-10,12-14,22H,4-5,7-8,11,15H2,1-3H3/b17-10+,18-9-. The summed E-state index contributed by atoms with van der Waals surface area (Å²) in [5.41, 5.74) is 4.10. The minimum Gasteiger partial charge on any atom is -0.392 e. The van der Waals surface area contributed by atoms with Crippen LogP contribution >= 0.6 is 0 Å². The maximum absolute atomic E-state index is 11.7. The van der Waals surface area contributed by atoms with E-state index in [1.807, 2.05) is 13.0 Å². The normalized spacial score (nSPS) is 15.6. The van der Waals surface area contributed by atoms with Crippen molar-refractivity contribution < 1.29 is 14.7 Å². The molecule has 130 valence electrons. The molecule has 0 fully saturated rings. The summed E-state index contributed by atoms with van der Waals surface area (Å²) in [6.07, 6.45) is 14.5. The highest BCUT2D eigenvalue weighted by Crippen LogP contribution is 2.15. The van der Waals surface area contributed by atoms with E-state index in [1.54, 1.807) is 0 Å². The van der Waals surface area contributed by atoms with E-state index in [0.29, 0.717) is 12.0 Å². The van der Waals surface area contributed by atoms with Gasteiger partial charge in [0.15, 0.2) is 11.6 Å². The maximum atomic E-state index is 11.7. The molecule has 0 aromatic rings. The Morgan fingerprint density at radius 2 is 1.71 bits per heavy atom. The first-order chi connectivity index (χ1) is 11.4. The van der Waals surface area contributed by atoms with E-state index in [4.69, 9.17) is 0 Å². The summed E-state index contributed by atoms with van der Waals surface area (Å²) in [6, 6.07) is 0. The van der Waals surface area contributed by atoms with Gasteiger partial charge in [-0.1, -0.05) is 29.4 Å². The second-order valence-electron chi connectivity index (χ2n) is 6.40. The fourth-order valence-corrected chi connectivity index (χ4v) is 2.40. The van der Waals surface area contributed by atoms with Crippen LogP contribution in [-0.4, -0.2) is 23.3 Å². The molecular weight excluding hydrogens is 300 g/mol. The Kier molecular flexibility index (Phi) is 8.95. The highest BCUT2D eigenvalue weighted by atomic mass is 16.3. The Bertz CT molecular complexity index is 609. The predicted molar refractivity (Wildman–Crippen MR) is 98.7 cm³/mol. The van der Waals surface area contributed by atoms with Crippen molar-refractivity contribution in [2.24, 2.45) is 0 Å². The fourth-order valence-electron chi connectivity index (χ4n) is 2.40. The van der Waals surface area contributed by atoms with Crippen molar-refractivity contribution in [2.75, 3.05) is 6.61 Å². The van der Waals surface area contributed by atoms with Crippen LogP contribution in [0.5, 0.6) is 0 Å². The molecule has 0 bridgehead atoms. The van der Waals surface area contributed by atoms with E-state index < -0.39 is 0 Å². The van der Waals surface area contributed by atoms with Gasteiger partial charge in [0.25, 0.3) is 0 Å². The molecule has 1 aliphatic rings. The van der Waals surface area contributed by atoms with Crippen molar-refractivity contribution >= 4 is 11.6 Å². The number of carbonyl (C=O) groups excluding carboxylic acids is 2. The molecule has 0 aromatic heterocycles. The molecule has 0 aromatic carbocycles. The van der Waals surface area contributed by atoms with Crippen molar-refractivity contribution in [1.29, 1.82) is 0 Å². The molecule has 0 atom stereocenters. The van der Waals surface area contributed by atoms with E-state index in [9.17, 15) is 14.7 Å². The van der Waals surface area contributed by atoms with Crippen LogP contribution in [0.3, 0.4) is 0 Å². The van der Waals surface area contributed by atoms with Crippen molar-refractivity contribution in [3.05, 3.63) is 58.7 Å². The van der Waals surface area contributed by atoms with Crippen LogP contribution in [0.4, 0.5) is 0 Å². The molecule has 0 radical (unpaired) electrons. The summed E-state index contributed by atoms with van der Waals surface area (Å²) >= 11 is 0. The first kappa shape index (κ1) is 20.0. The van der Waals surface area contributed by atoms with Gasteiger partial charge in [-0.25, -0.2) is 0 Å². The van der Waals surface area contributed by atoms with E-state index in [-0.39, 0.29) is 18.2 Å². The van der Waals surface area contributed by atoms with E-state index in [2.05, 4.69) is 26.0 Å². The molecule has 0 aliphatic heterocycles. The molecule has 0 spiro atoms. The first-order valence-corrected chi connectivity index (χ1v) is 8.47. The molecule has 24 heavy (non-hydrogen) atoms. The lowest BCUT2D eigenvalue weighted by Crippen LogP contribution is -2.06. The third-order valence-corrected chi connectivity index (χ3v) is 3.90. The van der Waals surface area contributed by atoms with Gasteiger partial charge in [0.1, 0.15) is 0 Å². The largest absolute Gasteiger partial charge is 0.392 e. The summed E-state index contributed by atoms with van der Waals surface area (Å²) in [7, 11) is 0. The number of rotatable bonds is 9. The zero-order valence-corrected chi connectivity index (χ0v) is 15.0. The van der Waals surface area contributed by atoms with Crippen molar-refractivity contribution in [3.8, 4) is 0 Å². The molecule has 0 saturated heterocycles. The summed E-state index contributed by atoms with van der Waals surface area (Å²) in [6.45, 7) is 6.29. The van der Waals surface area contributed by atoms with Gasteiger partial charge in [-0.3, -0.25) is 9.59 Å². The van der Waals surface area contributed by atoms with Crippen LogP contribution in [0.15, 0.2) is 58.7 Å². The van der Waals surface area contributed by atoms with Gasteiger partial charge >= 0.3 is 0 Å². The summed E-state index contributed by atoms with van der Waals surface area (Å²) in [4.78, 5) is 23.0. The smallest absolute Gasteiger partial charge is 0.182 e. The van der Waals surface area contributed by atoms with Gasteiger partial charge in [-0.2, -0.15) is 0 Å². The minimum absolute atomic E-state index is 0.0830. The van der Waals surface area contributed by atoms with E-state index in [0.717, 1.165) is 31.3 Å². The van der Waals surface area contributed by atoms with Gasteiger partial charge in [-0.05, 0) is 76.7 Å². The molecule has 1 rings (SSSR count). The summed E-state index contributed by atoms with van der Waals surface area (Å²) in [5, 5.41) is 9.40. The van der Waals surface area contributed by atoms with Crippen molar-refractivity contribution in [1.82, 2.24) is 0 Å². The molecule has 3 heteroatoms.